The lowest BCUT2D eigenvalue weighted by molar-refractivity contribution is -0.941. The van der Waals surface area contributed by atoms with Crippen molar-refractivity contribution >= 4 is 12.0 Å². The molecule has 2 fully saturated rings. The van der Waals surface area contributed by atoms with E-state index < -0.39 is 11.7 Å². The number of carbonyl (C=O) groups excluding carboxylic acids is 1. The van der Waals surface area contributed by atoms with E-state index in [0.717, 1.165) is 51.9 Å². The van der Waals surface area contributed by atoms with Gasteiger partial charge in [0.1, 0.15) is 23.2 Å². The predicted octanol–water partition coefficient (Wildman–Crippen LogP) is 2.06. The second-order valence-electron chi connectivity index (χ2n) is 9.48. The number of ether oxygens (including phenoxy) is 1. The SMILES string of the molecule is CC1(C)Oc2ccc(/C=C/C(=O)N3CCCCC3)c(O)c2[C@H]([NH+]2CCCCC2)[C@@H]1O. The van der Waals surface area contributed by atoms with Crippen LogP contribution in [-0.2, 0) is 4.79 Å². The molecule has 1 aromatic rings. The maximum absolute atomic E-state index is 12.5. The molecule has 4 rings (SSSR count). The summed E-state index contributed by atoms with van der Waals surface area (Å²) in [5.74, 6) is 0.737. The number of aliphatic hydroxyl groups excluding tert-OH is 1. The van der Waals surface area contributed by atoms with Crippen LogP contribution in [0, 0.1) is 0 Å². The molecule has 6 heteroatoms. The minimum absolute atomic E-state index is 0.0116. The zero-order chi connectivity index (χ0) is 21.3. The summed E-state index contributed by atoms with van der Waals surface area (Å²) in [5, 5.41) is 22.3. The number of phenols is 1. The number of quaternary nitrogens is 1. The normalized spacial score (nSPS) is 27.0. The van der Waals surface area contributed by atoms with Gasteiger partial charge in [0.15, 0.2) is 6.04 Å². The summed E-state index contributed by atoms with van der Waals surface area (Å²) in [6.07, 6.45) is 9.27. The minimum atomic E-state index is -0.726. The molecule has 3 N–H and O–H groups in total. The zero-order valence-corrected chi connectivity index (χ0v) is 18.2. The molecule has 0 unspecified atom stereocenters. The molecule has 3 aliphatic heterocycles. The number of hydrogen-bond donors (Lipinski definition) is 3. The molecule has 0 aromatic heterocycles. The number of aliphatic hydroxyl groups is 1. The second kappa shape index (κ2) is 8.60. The lowest BCUT2D eigenvalue weighted by atomic mass is 9.83. The van der Waals surface area contributed by atoms with Crippen molar-refractivity contribution in [2.75, 3.05) is 26.2 Å². The molecule has 1 aromatic carbocycles. The molecule has 30 heavy (non-hydrogen) atoms. The van der Waals surface area contributed by atoms with Crippen LogP contribution in [0.1, 0.15) is 69.5 Å². The van der Waals surface area contributed by atoms with E-state index in [1.807, 2.05) is 24.8 Å². The molecular weight excluding hydrogens is 380 g/mol. The number of carbonyl (C=O) groups is 1. The monoisotopic (exact) mass is 415 g/mol. The van der Waals surface area contributed by atoms with Gasteiger partial charge in [-0.15, -0.1) is 0 Å². The lowest BCUT2D eigenvalue weighted by Gasteiger charge is -2.45. The first-order valence-corrected chi connectivity index (χ1v) is 11.4. The Kier molecular flexibility index (Phi) is 6.07. The molecule has 2 saturated heterocycles. The Morgan fingerprint density at radius 2 is 1.80 bits per heavy atom. The maximum Gasteiger partial charge on any atom is 0.246 e. The fourth-order valence-electron chi connectivity index (χ4n) is 5.16. The van der Waals surface area contributed by atoms with Gasteiger partial charge in [0, 0.05) is 24.7 Å². The summed E-state index contributed by atoms with van der Waals surface area (Å²) in [7, 11) is 0. The molecule has 3 aliphatic rings. The van der Waals surface area contributed by atoms with Crippen molar-refractivity contribution in [2.24, 2.45) is 0 Å². The van der Waals surface area contributed by atoms with Gasteiger partial charge in [-0.25, -0.2) is 0 Å². The van der Waals surface area contributed by atoms with Crippen molar-refractivity contribution in [2.45, 2.75) is 70.1 Å². The molecule has 0 bridgehead atoms. The number of aromatic hydroxyl groups is 1. The van der Waals surface area contributed by atoms with Gasteiger partial charge < -0.3 is 24.7 Å². The Bertz CT molecular complexity index is 808. The quantitative estimate of drug-likeness (QED) is 0.661. The highest BCUT2D eigenvalue weighted by Gasteiger charge is 2.49. The van der Waals surface area contributed by atoms with E-state index in [1.54, 1.807) is 18.2 Å². The van der Waals surface area contributed by atoms with Crippen molar-refractivity contribution in [3.63, 3.8) is 0 Å². The van der Waals surface area contributed by atoms with E-state index in [4.69, 9.17) is 4.74 Å². The summed E-state index contributed by atoms with van der Waals surface area (Å²) in [6.45, 7) is 7.36. The van der Waals surface area contributed by atoms with Gasteiger partial charge in [-0.3, -0.25) is 4.79 Å². The molecular formula is C24H35N2O4+. The standard InChI is InChI=1S/C24H34N2O4/c1-24(2)23(29)21(26-15-7-4-8-16-26)20-18(30-24)11-9-17(22(20)28)10-12-19(27)25-13-5-3-6-14-25/h9-12,21,23,28-29H,3-8,13-16H2,1-2H3/p+1/b12-10+/t21-,23-/m0/s1. The Balaban J connectivity index is 1.65. The topological polar surface area (TPSA) is 74.4 Å². The number of benzene rings is 1. The molecule has 2 atom stereocenters. The van der Waals surface area contributed by atoms with Gasteiger partial charge in [0.05, 0.1) is 18.7 Å². The summed E-state index contributed by atoms with van der Waals surface area (Å²) >= 11 is 0. The summed E-state index contributed by atoms with van der Waals surface area (Å²) < 4.78 is 6.09. The number of phenolic OH excluding ortho intramolecular Hbond substituents is 1. The number of hydrogen-bond acceptors (Lipinski definition) is 4. The molecule has 0 radical (unpaired) electrons. The average molecular weight is 416 g/mol. The second-order valence-corrected chi connectivity index (χ2v) is 9.48. The van der Waals surface area contributed by atoms with E-state index in [9.17, 15) is 15.0 Å². The number of fused-ring (bicyclic) bond motifs is 1. The van der Waals surface area contributed by atoms with E-state index in [0.29, 0.717) is 16.9 Å². The Hall–Kier alpha value is -2.05. The van der Waals surface area contributed by atoms with Gasteiger partial charge in [-0.2, -0.15) is 0 Å². The highest BCUT2D eigenvalue weighted by molar-refractivity contribution is 5.92. The van der Waals surface area contributed by atoms with Crippen LogP contribution < -0.4 is 9.64 Å². The van der Waals surface area contributed by atoms with Gasteiger partial charge in [-0.1, -0.05) is 0 Å². The summed E-state index contributed by atoms with van der Waals surface area (Å²) in [4.78, 5) is 15.7. The summed E-state index contributed by atoms with van der Waals surface area (Å²) in [6, 6.07) is 3.42. The smallest absolute Gasteiger partial charge is 0.246 e. The fraction of sp³-hybridized carbons (Fsp3) is 0.625. The molecule has 1 amide bonds. The van der Waals surface area contributed by atoms with E-state index in [-0.39, 0.29) is 17.7 Å². The van der Waals surface area contributed by atoms with Crippen LogP contribution in [0.2, 0.25) is 0 Å². The highest BCUT2D eigenvalue weighted by atomic mass is 16.5. The third-order valence-electron chi connectivity index (χ3n) is 6.93. The van der Waals surface area contributed by atoms with Crippen molar-refractivity contribution in [1.29, 1.82) is 0 Å². The number of likely N-dealkylation sites (tertiary alicyclic amines) is 2. The van der Waals surface area contributed by atoms with Crippen molar-refractivity contribution < 1.29 is 24.6 Å². The lowest BCUT2D eigenvalue weighted by Crippen LogP contribution is -3.14. The fourth-order valence-corrected chi connectivity index (χ4v) is 5.16. The van der Waals surface area contributed by atoms with E-state index >= 15 is 0 Å². The van der Waals surface area contributed by atoms with Crippen molar-refractivity contribution in [1.82, 2.24) is 4.90 Å². The number of rotatable bonds is 3. The first-order chi connectivity index (χ1) is 14.4. The van der Waals surface area contributed by atoms with Gasteiger partial charge in [0.2, 0.25) is 5.91 Å². The number of piperidine rings is 2. The van der Waals surface area contributed by atoms with Crippen LogP contribution in [0.4, 0.5) is 0 Å². The zero-order valence-electron chi connectivity index (χ0n) is 18.2. The Labute approximate surface area is 179 Å². The van der Waals surface area contributed by atoms with Crippen LogP contribution in [0.15, 0.2) is 18.2 Å². The highest BCUT2D eigenvalue weighted by Crippen LogP contribution is 2.44. The van der Waals surface area contributed by atoms with Crippen LogP contribution in [-0.4, -0.2) is 58.9 Å². The van der Waals surface area contributed by atoms with Gasteiger partial charge in [-0.05, 0) is 70.6 Å². The third-order valence-corrected chi connectivity index (χ3v) is 6.93. The molecule has 0 spiro atoms. The molecule has 3 heterocycles. The Morgan fingerprint density at radius 3 is 2.50 bits per heavy atom. The number of nitrogens with one attached hydrogen (secondary N) is 1. The number of nitrogens with zero attached hydrogens (tertiary/aromatic N) is 1. The molecule has 0 saturated carbocycles. The first-order valence-electron chi connectivity index (χ1n) is 11.4. The van der Waals surface area contributed by atoms with Crippen LogP contribution in [0.25, 0.3) is 6.08 Å². The molecule has 6 nitrogen and oxygen atoms in total. The van der Waals surface area contributed by atoms with Crippen molar-refractivity contribution in [3.05, 3.63) is 29.3 Å². The van der Waals surface area contributed by atoms with Crippen LogP contribution >= 0.6 is 0 Å². The molecule has 0 aliphatic carbocycles. The predicted molar refractivity (Wildman–Crippen MR) is 116 cm³/mol. The Morgan fingerprint density at radius 1 is 1.13 bits per heavy atom. The van der Waals surface area contributed by atoms with E-state index in [1.165, 1.54) is 17.7 Å². The van der Waals surface area contributed by atoms with Crippen LogP contribution in [0.3, 0.4) is 0 Å². The van der Waals surface area contributed by atoms with Gasteiger partial charge in [0.25, 0.3) is 0 Å². The van der Waals surface area contributed by atoms with Crippen LogP contribution in [0.5, 0.6) is 11.5 Å². The first kappa shape index (κ1) is 21.2. The van der Waals surface area contributed by atoms with Crippen molar-refractivity contribution in [3.8, 4) is 11.5 Å². The summed E-state index contributed by atoms with van der Waals surface area (Å²) in [5.41, 5.74) is 0.540. The molecule has 164 valence electrons. The minimum Gasteiger partial charge on any atom is -0.507 e. The maximum atomic E-state index is 12.5. The largest absolute Gasteiger partial charge is 0.507 e. The third kappa shape index (κ3) is 4.08. The van der Waals surface area contributed by atoms with Gasteiger partial charge >= 0.3 is 0 Å². The average Bonchev–Trinajstić information content (AvgIpc) is 2.75. The number of amides is 1. The van der Waals surface area contributed by atoms with E-state index in [2.05, 4.69) is 0 Å².